The summed E-state index contributed by atoms with van der Waals surface area (Å²) >= 11 is 2.16. The van der Waals surface area contributed by atoms with Gasteiger partial charge in [0, 0.05) is 16.0 Å². The summed E-state index contributed by atoms with van der Waals surface area (Å²) in [5, 5.41) is 0. The van der Waals surface area contributed by atoms with Crippen LogP contribution < -0.4 is 4.74 Å². The molecule has 3 nitrogen and oxygen atoms in total. The fourth-order valence-electron chi connectivity index (χ4n) is 1.35. The highest BCUT2D eigenvalue weighted by atomic mass is 127. The van der Waals surface area contributed by atoms with Crippen LogP contribution >= 0.6 is 22.6 Å². The number of benzene rings is 1. The normalized spacial score (nSPS) is 10.1. The minimum Gasteiger partial charge on any atom is -0.424 e. The zero-order chi connectivity index (χ0) is 11.4. The van der Waals surface area contributed by atoms with Crippen molar-refractivity contribution in [3.05, 3.63) is 45.8 Å². The maximum Gasteiger partial charge on any atom is 0.321 e. The van der Waals surface area contributed by atoms with Crippen molar-refractivity contribution in [3.63, 3.8) is 0 Å². The SMILES string of the molecule is CCc1ccccc1Oc1ncc(I)cn1. The van der Waals surface area contributed by atoms with E-state index >= 15 is 0 Å². The van der Waals surface area contributed by atoms with E-state index in [9.17, 15) is 0 Å². The Balaban J connectivity index is 2.23. The molecule has 2 rings (SSSR count). The lowest BCUT2D eigenvalue weighted by Crippen LogP contribution is -1.94. The molecule has 1 aromatic carbocycles. The first kappa shape index (κ1) is 11.3. The molecule has 0 saturated heterocycles. The van der Waals surface area contributed by atoms with Crippen LogP contribution in [0.4, 0.5) is 0 Å². The number of nitrogens with zero attached hydrogens (tertiary/aromatic N) is 2. The molecule has 4 heteroatoms. The van der Waals surface area contributed by atoms with E-state index in [1.165, 1.54) is 0 Å². The molecule has 0 atom stereocenters. The summed E-state index contributed by atoms with van der Waals surface area (Å²) in [6.07, 6.45) is 4.40. The Morgan fingerprint density at radius 1 is 1.19 bits per heavy atom. The van der Waals surface area contributed by atoms with Gasteiger partial charge in [0.15, 0.2) is 0 Å². The lowest BCUT2D eigenvalue weighted by molar-refractivity contribution is 0.436. The van der Waals surface area contributed by atoms with Gasteiger partial charge in [0.1, 0.15) is 5.75 Å². The van der Waals surface area contributed by atoms with E-state index in [2.05, 4.69) is 39.5 Å². The molecule has 0 unspecified atom stereocenters. The van der Waals surface area contributed by atoms with Gasteiger partial charge in [0.25, 0.3) is 0 Å². The molecule has 0 aliphatic carbocycles. The number of halogens is 1. The average molecular weight is 326 g/mol. The Labute approximate surface area is 108 Å². The second-order valence-corrected chi connectivity index (χ2v) is 4.49. The molecule has 1 heterocycles. The predicted molar refractivity (Wildman–Crippen MR) is 70.6 cm³/mol. The fourth-order valence-corrected chi connectivity index (χ4v) is 1.63. The van der Waals surface area contributed by atoms with Crippen LogP contribution in [0.1, 0.15) is 12.5 Å². The first-order valence-electron chi connectivity index (χ1n) is 5.03. The molecule has 0 saturated carbocycles. The molecule has 2 aromatic rings. The Bertz CT molecular complexity index is 471. The number of para-hydroxylation sites is 1. The van der Waals surface area contributed by atoms with E-state index in [1.54, 1.807) is 12.4 Å². The standard InChI is InChI=1S/C12H11IN2O/c1-2-9-5-3-4-6-11(9)16-12-14-7-10(13)8-15-12/h3-8H,2H2,1H3. The second kappa shape index (κ2) is 5.25. The quantitative estimate of drug-likeness (QED) is 0.811. The third-order valence-electron chi connectivity index (χ3n) is 2.15. The molecule has 0 N–H and O–H groups in total. The lowest BCUT2D eigenvalue weighted by Gasteiger charge is -2.07. The van der Waals surface area contributed by atoms with Gasteiger partial charge < -0.3 is 4.74 Å². The molecular formula is C12H11IN2O. The van der Waals surface area contributed by atoms with Crippen molar-refractivity contribution in [2.75, 3.05) is 0 Å². The van der Waals surface area contributed by atoms with Crippen LogP contribution in [0.5, 0.6) is 11.8 Å². The smallest absolute Gasteiger partial charge is 0.321 e. The van der Waals surface area contributed by atoms with Gasteiger partial charge in [0.05, 0.1) is 0 Å². The van der Waals surface area contributed by atoms with Crippen LogP contribution in [0.15, 0.2) is 36.7 Å². The monoisotopic (exact) mass is 326 g/mol. The average Bonchev–Trinajstić information content (AvgIpc) is 2.33. The fraction of sp³-hybridized carbons (Fsp3) is 0.167. The van der Waals surface area contributed by atoms with Crippen molar-refractivity contribution < 1.29 is 4.74 Å². The highest BCUT2D eigenvalue weighted by Gasteiger charge is 2.04. The molecular weight excluding hydrogens is 315 g/mol. The molecule has 0 amide bonds. The van der Waals surface area contributed by atoms with Gasteiger partial charge >= 0.3 is 6.01 Å². The molecule has 0 aliphatic rings. The van der Waals surface area contributed by atoms with E-state index in [1.807, 2.05) is 24.3 Å². The van der Waals surface area contributed by atoms with Crippen molar-refractivity contribution in [1.82, 2.24) is 9.97 Å². The van der Waals surface area contributed by atoms with Crippen LogP contribution in [-0.4, -0.2) is 9.97 Å². The van der Waals surface area contributed by atoms with Gasteiger partial charge in [-0.2, -0.15) is 0 Å². The van der Waals surface area contributed by atoms with E-state index < -0.39 is 0 Å². The van der Waals surface area contributed by atoms with Crippen LogP contribution in [0.3, 0.4) is 0 Å². The summed E-state index contributed by atoms with van der Waals surface area (Å²) in [5.41, 5.74) is 1.16. The summed E-state index contributed by atoms with van der Waals surface area (Å²) in [5.74, 6) is 0.825. The van der Waals surface area contributed by atoms with Gasteiger partial charge in [-0.1, -0.05) is 25.1 Å². The number of aryl methyl sites for hydroxylation is 1. The summed E-state index contributed by atoms with van der Waals surface area (Å²) in [6, 6.07) is 8.31. The van der Waals surface area contributed by atoms with E-state index in [-0.39, 0.29) is 0 Å². The predicted octanol–water partition coefficient (Wildman–Crippen LogP) is 3.44. The first-order valence-corrected chi connectivity index (χ1v) is 6.10. The summed E-state index contributed by atoms with van der Waals surface area (Å²) < 4.78 is 6.62. The minimum atomic E-state index is 0.390. The van der Waals surface area contributed by atoms with Crippen molar-refractivity contribution >= 4 is 22.6 Å². The van der Waals surface area contributed by atoms with Crippen molar-refractivity contribution in [3.8, 4) is 11.8 Å². The topological polar surface area (TPSA) is 35.0 Å². The molecule has 1 aromatic heterocycles. The largest absolute Gasteiger partial charge is 0.424 e. The zero-order valence-corrected chi connectivity index (χ0v) is 11.0. The number of aromatic nitrogens is 2. The molecule has 0 bridgehead atoms. The van der Waals surface area contributed by atoms with Gasteiger partial charge in [-0.15, -0.1) is 0 Å². The second-order valence-electron chi connectivity index (χ2n) is 3.25. The lowest BCUT2D eigenvalue weighted by atomic mass is 10.1. The molecule has 0 radical (unpaired) electrons. The summed E-state index contributed by atoms with van der Waals surface area (Å²) in [6.45, 7) is 2.09. The molecule has 82 valence electrons. The van der Waals surface area contributed by atoms with Gasteiger partial charge in [-0.05, 0) is 40.6 Å². The Hall–Kier alpha value is -1.17. The number of hydrogen-bond acceptors (Lipinski definition) is 3. The van der Waals surface area contributed by atoms with Crippen molar-refractivity contribution in [1.29, 1.82) is 0 Å². The maximum atomic E-state index is 5.63. The minimum absolute atomic E-state index is 0.390. The van der Waals surface area contributed by atoms with Gasteiger partial charge in [-0.3, -0.25) is 0 Å². The van der Waals surface area contributed by atoms with Gasteiger partial charge in [-0.25, -0.2) is 9.97 Å². The maximum absolute atomic E-state index is 5.63. The molecule has 0 fully saturated rings. The van der Waals surface area contributed by atoms with Crippen LogP contribution in [0.2, 0.25) is 0 Å². The highest BCUT2D eigenvalue weighted by Crippen LogP contribution is 2.22. The van der Waals surface area contributed by atoms with Crippen LogP contribution in [0.25, 0.3) is 0 Å². The third-order valence-corrected chi connectivity index (χ3v) is 2.71. The summed E-state index contributed by atoms with van der Waals surface area (Å²) in [7, 11) is 0. The first-order chi connectivity index (χ1) is 7.79. The zero-order valence-electron chi connectivity index (χ0n) is 8.85. The Kier molecular flexibility index (Phi) is 3.71. The Morgan fingerprint density at radius 3 is 2.56 bits per heavy atom. The highest BCUT2D eigenvalue weighted by molar-refractivity contribution is 14.1. The van der Waals surface area contributed by atoms with E-state index in [0.717, 1.165) is 21.3 Å². The number of hydrogen-bond donors (Lipinski definition) is 0. The van der Waals surface area contributed by atoms with E-state index in [4.69, 9.17) is 4.74 Å². The molecule has 0 spiro atoms. The number of rotatable bonds is 3. The van der Waals surface area contributed by atoms with E-state index in [0.29, 0.717) is 6.01 Å². The van der Waals surface area contributed by atoms with Crippen LogP contribution in [-0.2, 0) is 6.42 Å². The van der Waals surface area contributed by atoms with Crippen LogP contribution in [0, 0.1) is 3.57 Å². The summed E-state index contributed by atoms with van der Waals surface area (Å²) in [4.78, 5) is 8.22. The Morgan fingerprint density at radius 2 is 1.88 bits per heavy atom. The van der Waals surface area contributed by atoms with Crippen molar-refractivity contribution in [2.24, 2.45) is 0 Å². The third kappa shape index (κ3) is 2.69. The molecule has 0 aliphatic heterocycles. The van der Waals surface area contributed by atoms with Crippen molar-refractivity contribution in [2.45, 2.75) is 13.3 Å². The molecule has 16 heavy (non-hydrogen) atoms. The number of ether oxygens (including phenoxy) is 1. The van der Waals surface area contributed by atoms with Gasteiger partial charge in [0.2, 0.25) is 0 Å².